The number of amides is 2. The number of aromatic nitrogens is 2. The molecule has 6 aliphatic rings. The van der Waals surface area contributed by atoms with Crippen LogP contribution in [0.5, 0.6) is 5.75 Å². The molecule has 10 nitrogen and oxygen atoms in total. The summed E-state index contributed by atoms with van der Waals surface area (Å²) in [5.41, 5.74) is 2.70. The normalized spacial score (nSPS) is 28.7. The van der Waals surface area contributed by atoms with Gasteiger partial charge in [-0.05, 0) is 88.7 Å². The molecule has 2 amide bonds. The van der Waals surface area contributed by atoms with Crippen molar-refractivity contribution in [3.8, 4) is 5.75 Å². The molecule has 4 heterocycles. The van der Waals surface area contributed by atoms with Crippen LogP contribution in [0, 0.1) is 17.8 Å². The number of anilines is 4. The SMILES string of the molecule is CC[C@@H]1C(=O)N(C)c2cnc(Nc3ccc(C(=O)NC4CC5CN(CC6CC6)CC5C4)c4c3OC(C)(C)C4)nc2N1C1CCCC1. The lowest BCUT2D eigenvalue weighted by atomic mass is 9.96. The number of carbonyl (C=O) groups excluding carboxylic acids is 2. The van der Waals surface area contributed by atoms with Crippen LogP contribution < -0.4 is 25.2 Å². The largest absolute Gasteiger partial charge is 0.485 e. The molecule has 4 fully saturated rings. The number of likely N-dealkylation sites (tertiary alicyclic amines) is 1. The second kappa shape index (κ2) is 11.4. The van der Waals surface area contributed by atoms with Crippen molar-refractivity contribution in [1.82, 2.24) is 20.2 Å². The zero-order valence-electron chi connectivity index (χ0n) is 27.8. The molecule has 3 atom stereocenters. The first-order chi connectivity index (χ1) is 22.2. The molecule has 3 aliphatic carbocycles. The van der Waals surface area contributed by atoms with E-state index in [-0.39, 0.29) is 23.9 Å². The fourth-order valence-corrected chi connectivity index (χ4v) is 9.13. The van der Waals surface area contributed by atoms with Crippen molar-refractivity contribution in [2.75, 3.05) is 41.8 Å². The Hall–Kier alpha value is -3.40. The Bertz CT molecular complexity index is 1520. The predicted molar refractivity (Wildman–Crippen MR) is 179 cm³/mol. The Morgan fingerprint density at radius 3 is 2.52 bits per heavy atom. The minimum absolute atomic E-state index is 0.000502. The average molecular weight is 628 g/mol. The Morgan fingerprint density at radius 1 is 1.09 bits per heavy atom. The molecule has 46 heavy (non-hydrogen) atoms. The molecule has 246 valence electrons. The molecule has 2 unspecified atom stereocenters. The number of rotatable bonds is 8. The van der Waals surface area contributed by atoms with Crippen LogP contribution in [0.25, 0.3) is 0 Å². The van der Waals surface area contributed by atoms with Crippen LogP contribution in [0.1, 0.15) is 94.5 Å². The van der Waals surface area contributed by atoms with Crippen molar-refractivity contribution in [1.29, 1.82) is 0 Å². The van der Waals surface area contributed by atoms with E-state index in [2.05, 4.69) is 46.2 Å². The van der Waals surface area contributed by atoms with Crippen molar-refractivity contribution in [2.45, 2.75) is 109 Å². The number of hydrogen-bond donors (Lipinski definition) is 2. The number of likely N-dealkylation sites (N-methyl/N-ethyl adjacent to an activating group) is 1. The molecular formula is C36H49N7O3. The van der Waals surface area contributed by atoms with Crippen LogP contribution in [0.3, 0.4) is 0 Å². The first-order valence-electron chi connectivity index (χ1n) is 17.8. The number of hydrogen-bond acceptors (Lipinski definition) is 8. The van der Waals surface area contributed by atoms with Crippen molar-refractivity contribution in [3.63, 3.8) is 0 Å². The van der Waals surface area contributed by atoms with Gasteiger partial charge in [0.25, 0.3) is 5.91 Å². The third kappa shape index (κ3) is 5.40. The maximum atomic E-state index is 13.8. The van der Waals surface area contributed by atoms with Crippen LogP contribution in [0.2, 0.25) is 0 Å². The van der Waals surface area contributed by atoms with Gasteiger partial charge >= 0.3 is 0 Å². The fourth-order valence-electron chi connectivity index (χ4n) is 9.13. The van der Waals surface area contributed by atoms with E-state index >= 15 is 0 Å². The number of nitrogens with one attached hydrogen (secondary N) is 2. The number of ether oxygens (including phenoxy) is 1. The summed E-state index contributed by atoms with van der Waals surface area (Å²) < 4.78 is 6.48. The van der Waals surface area contributed by atoms with Crippen molar-refractivity contribution in [3.05, 3.63) is 29.5 Å². The number of nitrogens with zero attached hydrogens (tertiary/aromatic N) is 5. The summed E-state index contributed by atoms with van der Waals surface area (Å²) in [5, 5.41) is 6.84. The first kappa shape index (κ1) is 30.0. The number of benzene rings is 1. The highest BCUT2D eigenvalue weighted by molar-refractivity contribution is 6.04. The highest BCUT2D eigenvalue weighted by atomic mass is 16.5. The van der Waals surface area contributed by atoms with Crippen molar-refractivity contribution < 1.29 is 14.3 Å². The average Bonchev–Trinajstić information content (AvgIpc) is 3.32. The summed E-state index contributed by atoms with van der Waals surface area (Å²) in [5.74, 6) is 4.41. The maximum Gasteiger partial charge on any atom is 0.251 e. The van der Waals surface area contributed by atoms with E-state index in [4.69, 9.17) is 9.72 Å². The van der Waals surface area contributed by atoms with E-state index < -0.39 is 5.60 Å². The molecule has 2 aromatic rings. The molecule has 1 aromatic carbocycles. The smallest absolute Gasteiger partial charge is 0.251 e. The first-order valence-corrected chi connectivity index (χ1v) is 17.8. The second-order valence-electron chi connectivity index (χ2n) is 15.5. The highest BCUT2D eigenvalue weighted by Crippen LogP contribution is 2.45. The van der Waals surface area contributed by atoms with Crippen LogP contribution >= 0.6 is 0 Å². The van der Waals surface area contributed by atoms with Gasteiger partial charge in [-0.1, -0.05) is 19.8 Å². The Morgan fingerprint density at radius 2 is 1.83 bits per heavy atom. The summed E-state index contributed by atoms with van der Waals surface area (Å²) in [6.07, 6.45) is 12.6. The number of fused-ring (bicyclic) bond motifs is 3. The van der Waals surface area contributed by atoms with E-state index in [0.717, 1.165) is 60.8 Å². The third-order valence-corrected chi connectivity index (χ3v) is 11.5. The van der Waals surface area contributed by atoms with E-state index in [1.807, 2.05) is 19.2 Å². The van der Waals surface area contributed by atoms with Crippen LogP contribution in [-0.4, -0.2) is 77.1 Å². The molecule has 1 saturated heterocycles. The van der Waals surface area contributed by atoms with Crippen LogP contribution in [0.15, 0.2) is 18.3 Å². The lowest BCUT2D eigenvalue weighted by Crippen LogP contribution is -2.55. The van der Waals surface area contributed by atoms with Crippen LogP contribution in [-0.2, 0) is 11.2 Å². The Kier molecular flexibility index (Phi) is 7.42. The lowest BCUT2D eigenvalue weighted by Gasteiger charge is -2.43. The van der Waals surface area contributed by atoms with Gasteiger partial charge in [-0.15, -0.1) is 0 Å². The van der Waals surface area contributed by atoms with Gasteiger partial charge in [0.15, 0.2) is 5.82 Å². The monoisotopic (exact) mass is 627 g/mol. The zero-order valence-corrected chi connectivity index (χ0v) is 27.8. The molecule has 0 radical (unpaired) electrons. The minimum atomic E-state index is -0.433. The van der Waals surface area contributed by atoms with Gasteiger partial charge in [0.05, 0.1) is 11.9 Å². The lowest BCUT2D eigenvalue weighted by molar-refractivity contribution is -0.120. The molecule has 0 spiro atoms. The Balaban J connectivity index is 1.02. The molecule has 8 rings (SSSR count). The molecular weight excluding hydrogens is 578 g/mol. The fraction of sp³-hybridized carbons (Fsp3) is 0.667. The van der Waals surface area contributed by atoms with Gasteiger partial charge < -0.3 is 30.1 Å². The van der Waals surface area contributed by atoms with Gasteiger partial charge in [-0.25, -0.2) is 4.98 Å². The molecule has 0 bridgehead atoms. The van der Waals surface area contributed by atoms with Gasteiger partial charge in [0.1, 0.15) is 23.1 Å². The van der Waals surface area contributed by atoms with Crippen molar-refractivity contribution in [2.24, 2.45) is 17.8 Å². The molecule has 10 heteroatoms. The molecule has 3 saturated carbocycles. The summed E-state index contributed by atoms with van der Waals surface area (Å²) in [7, 11) is 1.82. The van der Waals surface area contributed by atoms with E-state index in [0.29, 0.717) is 41.6 Å². The highest BCUT2D eigenvalue weighted by Gasteiger charge is 2.44. The summed E-state index contributed by atoms with van der Waals surface area (Å²) in [6, 6.07) is 4.16. The van der Waals surface area contributed by atoms with Crippen molar-refractivity contribution >= 4 is 35.0 Å². The summed E-state index contributed by atoms with van der Waals surface area (Å²) in [6.45, 7) is 9.87. The van der Waals surface area contributed by atoms with E-state index in [1.54, 1.807) is 11.1 Å². The predicted octanol–water partition coefficient (Wildman–Crippen LogP) is 5.29. The maximum absolute atomic E-state index is 13.8. The second-order valence-corrected chi connectivity index (χ2v) is 15.5. The van der Waals surface area contributed by atoms with Gasteiger partial charge in [0, 0.05) is 56.3 Å². The van der Waals surface area contributed by atoms with E-state index in [9.17, 15) is 9.59 Å². The minimum Gasteiger partial charge on any atom is -0.485 e. The summed E-state index contributed by atoms with van der Waals surface area (Å²) >= 11 is 0. The van der Waals surface area contributed by atoms with Gasteiger partial charge in [-0.2, -0.15) is 4.98 Å². The molecule has 3 aliphatic heterocycles. The van der Waals surface area contributed by atoms with Gasteiger partial charge in [-0.3, -0.25) is 9.59 Å². The van der Waals surface area contributed by atoms with E-state index in [1.165, 1.54) is 45.3 Å². The Labute approximate surface area is 272 Å². The third-order valence-electron chi connectivity index (χ3n) is 11.5. The number of carbonyl (C=O) groups is 2. The molecule has 1 aromatic heterocycles. The van der Waals surface area contributed by atoms with Gasteiger partial charge in [0.2, 0.25) is 11.9 Å². The topological polar surface area (TPSA) is 103 Å². The standard InChI is InChI=1S/C36H49N7O3/c1-5-29-34(45)41(4)30-17-37-35(40-32(30)43(29)25-8-6-7-9-25)39-28-13-12-26(27-16-36(2,3)46-31(27)28)33(44)38-24-14-22-19-42(18-21-10-11-21)20-23(22)15-24/h12-13,17,21-25,29H,5-11,14-16,18-20H2,1-4H3,(H,38,44)(H,37,39,40)/t22?,23?,24?,29-/m1/s1. The van der Waals surface area contributed by atoms with Crippen LogP contribution in [0.4, 0.5) is 23.1 Å². The quantitative estimate of drug-likeness (QED) is 0.407. The zero-order chi connectivity index (χ0) is 31.7. The summed E-state index contributed by atoms with van der Waals surface area (Å²) in [4.78, 5) is 43.4. The molecule has 2 N–H and O–H groups in total.